The van der Waals surface area contributed by atoms with E-state index >= 15 is 0 Å². The van der Waals surface area contributed by atoms with E-state index in [1.807, 2.05) is 6.20 Å². The Hall–Kier alpha value is -7.37. The van der Waals surface area contributed by atoms with Gasteiger partial charge in [0.05, 0.1) is 17.7 Å². The van der Waals surface area contributed by atoms with Gasteiger partial charge >= 0.3 is 0 Å². The second-order valence-corrected chi connectivity index (χ2v) is 24.7. The predicted molar refractivity (Wildman–Crippen MR) is 318 cm³/mol. The van der Waals surface area contributed by atoms with Crippen LogP contribution in [0.25, 0.3) is 38.8 Å². The van der Waals surface area contributed by atoms with Gasteiger partial charge in [0, 0.05) is 68.6 Å². The number of anilines is 2. The quantitative estimate of drug-likeness (QED) is 0.122. The van der Waals surface area contributed by atoms with Crippen molar-refractivity contribution in [3.05, 3.63) is 227 Å². The zero-order valence-electron chi connectivity index (χ0n) is 46.9. The average Bonchev–Trinajstić information content (AvgIpc) is 4.01. The van der Waals surface area contributed by atoms with Gasteiger partial charge in [-0.15, -0.1) is 0 Å². The first-order valence-electron chi connectivity index (χ1n) is 27.1. The summed E-state index contributed by atoms with van der Waals surface area (Å²) in [5, 5.41) is 2.32. The Bertz CT molecular complexity index is 3550. The molecule has 5 nitrogen and oxygen atoms in total. The summed E-state index contributed by atoms with van der Waals surface area (Å²) in [5.74, 6) is 3.06. The number of benzene rings is 7. The van der Waals surface area contributed by atoms with Crippen LogP contribution in [-0.4, -0.2) is 16.2 Å². The number of aromatic nitrogens is 2. The minimum atomic E-state index is -0.254. The Balaban J connectivity index is 1.15. The molecule has 382 valence electrons. The Morgan fingerprint density at radius 1 is 0.467 bits per heavy atom. The summed E-state index contributed by atoms with van der Waals surface area (Å²) in [5.41, 5.74) is 16.5. The Labute approximate surface area is 447 Å². The molecule has 1 aliphatic rings. The second-order valence-electron chi connectivity index (χ2n) is 24.7. The van der Waals surface area contributed by atoms with E-state index < -0.39 is 0 Å². The van der Waals surface area contributed by atoms with E-state index in [-0.39, 0.29) is 21.7 Å². The molecule has 7 aromatic carbocycles. The zero-order chi connectivity index (χ0) is 53.2. The first-order chi connectivity index (χ1) is 35.6. The van der Waals surface area contributed by atoms with Gasteiger partial charge in [0.25, 0.3) is 0 Å². The monoisotopic (exact) mass is 989 g/mol. The van der Waals surface area contributed by atoms with Crippen LogP contribution < -0.4 is 14.5 Å². The fourth-order valence-electron chi connectivity index (χ4n) is 11.2. The van der Waals surface area contributed by atoms with Crippen LogP contribution in [0.1, 0.15) is 148 Å². The molecule has 0 fully saturated rings. The van der Waals surface area contributed by atoms with Gasteiger partial charge in [-0.25, -0.2) is 4.98 Å². The molecule has 0 radical (unpaired) electrons. The SMILES string of the molecule is CC(C)c1cccc(C(C)C)c1-c1cc(Oc2ccc3c4cc(C(C)(C)c5ccccc5)ccc4n(-c4cc(C(C)(C)c5ccccc5)ccn4)c3c2)cc(N2CN(c3cccc(C(C)(C)C)c3)C=C2C(C)(C)C)c1. The van der Waals surface area contributed by atoms with Crippen molar-refractivity contribution in [3.8, 4) is 28.4 Å². The fourth-order valence-corrected chi connectivity index (χ4v) is 11.2. The molecule has 0 bridgehead atoms. The Morgan fingerprint density at radius 2 is 1.08 bits per heavy atom. The molecule has 2 aromatic heterocycles. The van der Waals surface area contributed by atoms with Crippen molar-refractivity contribution >= 4 is 33.2 Å². The van der Waals surface area contributed by atoms with Crippen LogP contribution in [0.3, 0.4) is 0 Å². The molecule has 0 saturated carbocycles. The molecule has 0 spiro atoms. The van der Waals surface area contributed by atoms with Crippen molar-refractivity contribution in [2.45, 2.75) is 125 Å². The summed E-state index contributed by atoms with van der Waals surface area (Å²) in [7, 11) is 0. The Morgan fingerprint density at radius 3 is 1.69 bits per heavy atom. The standard InChI is InChI=1S/C70H76N4O/c1-46(2)58-29-22-30-59(47(3)4)66(58)48-37-55(73-45-72(44-64(73)68(8,9)10)54-28-21-27-51(39-54)67(5,6)7)42-57(38-48)75-56-32-33-60-61-40-52(69(11,12)49-23-17-15-18-24-49)31-34-62(61)74(63(60)43-56)65-41-53(35-36-71-65)70(13,14)50-25-19-16-20-26-50/h15-44,46-47H,45H2,1-14H3. The molecule has 9 aromatic rings. The van der Waals surface area contributed by atoms with E-state index in [1.165, 1.54) is 61.3 Å². The molecule has 0 saturated heterocycles. The molecule has 1 aliphatic heterocycles. The number of fused-ring (bicyclic) bond motifs is 3. The number of hydrogen-bond donors (Lipinski definition) is 0. The first kappa shape index (κ1) is 51.1. The van der Waals surface area contributed by atoms with Crippen molar-refractivity contribution in [1.82, 2.24) is 9.55 Å². The van der Waals surface area contributed by atoms with Crippen molar-refractivity contribution in [2.75, 3.05) is 16.5 Å². The third kappa shape index (κ3) is 9.79. The van der Waals surface area contributed by atoms with Crippen molar-refractivity contribution in [1.29, 1.82) is 0 Å². The topological polar surface area (TPSA) is 33.5 Å². The molecule has 0 unspecified atom stereocenters. The highest BCUT2D eigenvalue weighted by Gasteiger charge is 2.33. The van der Waals surface area contributed by atoms with Gasteiger partial charge in [0.2, 0.25) is 0 Å². The lowest BCUT2D eigenvalue weighted by Crippen LogP contribution is -2.30. The van der Waals surface area contributed by atoms with Crippen LogP contribution in [-0.2, 0) is 16.2 Å². The van der Waals surface area contributed by atoms with Crippen LogP contribution in [0.5, 0.6) is 11.5 Å². The third-order valence-corrected chi connectivity index (χ3v) is 15.9. The maximum absolute atomic E-state index is 7.30. The van der Waals surface area contributed by atoms with Gasteiger partial charge < -0.3 is 14.5 Å². The number of rotatable bonds is 12. The highest BCUT2D eigenvalue weighted by atomic mass is 16.5. The molecule has 0 aliphatic carbocycles. The highest BCUT2D eigenvalue weighted by molar-refractivity contribution is 6.10. The number of allylic oxidation sites excluding steroid dienone is 1. The van der Waals surface area contributed by atoms with E-state index in [1.54, 1.807) is 0 Å². The predicted octanol–water partition coefficient (Wildman–Crippen LogP) is 19.0. The average molecular weight is 989 g/mol. The normalized spacial score (nSPS) is 13.7. The summed E-state index contributed by atoms with van der Waals surface area (Å²) in [6.07, 6.45) is 4.33. The van der Waals surface area contributed by atoms with Crippen LogP contribution in [0.15, 0.2) is 188 Å². The molecular weight excluding hydrogens is 913 g/mol. The number of nitrogens with zero attached hydrogens (tertiary/aromatic N) is 4. The second kappa shape index (κ2) is 19.4. The molecular formula is C70H76N4O. The van der Waals surface area contributed by atoms with Crippen LogP contribution in [0.4, 0.5) is 11.4 Å². The summed E-state index contributed by atoms with van der Waals surface area (Å²) >= 11 is 0. The van der Waals surface area contributed by atoms with E-state index in [4.69, 9.17) is 9.72 Å². The molecule has 10 rings (SSSR count). The van der Waals surface area contributed by atoms with Crippen molar-refractivity contribution in [2.24, 2.45) is 5.41 Å². The lowest BCUT2D eigenvalue weighted by Gasteiger charge is -2.32. The van der Waals surface area contributed by atoms with Crippen LogP contribution >= 0.6 is 0 Å². The van der Waals surface area contributed by atoms with Crippen LogP contribution in [0, 0.1) is 5.41 Å². The summed E-state index contributed by atoms with van der Waals surface area (Å²) in [6.45, 7) is 33.0. The highest BCUT2D eigenvalue weighted by Crippen LogP contribution is 2.46. The van der Waals surface area contributed by atoms with Gasteiger partial charge in [-0.2, -0.15) is 0 Å². The molecule has 5 heteroatoms. The molecule has 75 heavy (non-hydrogen) atoms. The van der Waals surface area contributed by atoms with Gasteiger partial charge in [0.15, 0.2) is 0 Å². The zero-order valence-corrected chi connectivity index (χ0v) is 46.9. The number of ether oxygens (including phenoxy) is 1. The first-order valence-corrected chi connectivity index (χ1v) is 27.1. The number of pyridine rings is 1. The minimum absolute atomic E-state index is 0.0317. The Kier molecular flexibility index (Phi) is 13.2. The van der Waals surface area contributed by atoms with Crippen molar-refractivity contribution < 1.29 is 4.74 Å². The smallest absolute Gasteiger partial charge is 0.137 e. The van der Waals surface area contributed by atoms with Gasteiger partial charge in [-0.1, -0.05) is 194 Å². The largest absolute Gasteiger partial charge is 0.457 e. The molecule has 0 amide bonds. The van der Waals surface area contributed by atoms with E-state index in [0.717, 1.165) is 45.0 Å². The van der Waals surface area contributed by atoms with E-state index in [0.29, 0.717) is 18.5 Å². The third-order valence-electron chi connectivity index (χ3n) is 15.9. The fraction of sp³-hybridized carbons (Fsp3) is 0.300. The maximum Gasteiger partial charge on any atom is 0.137 e. The number of hydrogen-bond acceptors (Lipinski definition) is 4. The summed E-state index contributed by atoms with van der Waals surface area (Å²) < 4.78 is 9.64. The lowest BCUT2D eigenvalue weighted by molar-refractivity contribution is 0.481. The summed E-state index contributed by atoms with van der Waals surface area (Å²) in [4.78, 5) is 10.1. The van der Waals surface area contributed by atoms with E-state index in [2.05, 4.69) is 287 Å². The van der Waals surface area contributed by atoms with Gasteiger partial charge in [-0.3, -0.25) is 4.57 Å². The van der Waals surface area contributed by atoms with Gasteiger partial charge in [0.1, 0.15) is 17.3 Å². The lowest BCUT2D eigenvalue weighted by atomic mass is 9.78. The van der Waals surface area contributed by atoms with E-state index in [9.17, 15) is 0 Å². The molecule has 0 N–H and O–H groups in total. The molecule has 3 heterocycles. The summed E-state index contributed by atoms with van der Waals surface area (Å²) in [6, 6.07) is 62.5. The maximum atomic E-state index is 7.30. The minimum Gasteiger partial charge on any atom is -0.457 e. The van der Waals surface area contributed by atoms with Gasteiger partial charge in [-0.05, 0) is 128 Å². The van der Waals surface area contributed by atoms with Crippen LogP contribution in [0.2, 0.25) is 0 Å². The molecule has 0 atom stereocenters. The van der Waals surface area contributed by atoms with Crippen molar-refractivity contribution in [3.63, 3.8) is 0 Å².